The summed E-state index contributed by atoms with van der Waals surface area (Å²) < 4.78 is 12.1. The first kappa shape index (κ1) is 18.8. The standard InChI is InChI=1S/C16H33NO4/c1-15(2,3)14-11(17(7)8)12(19)13(10(9-18)20-14)21-16(4,5)6/h10-14,18-19H,9H2,1-8H3. The molecule has 0 saturated carbocycles. The summed E-state index contributed by atoms with van der Waals surface area (Å²) in [7, 11) is 3.87. The van der Waals surface area contributed by atoms with Crippen molar-refractivity contribution >= 4 is 0 Å². The summed E-state index contributed by atoms with van der Waals surface area (Å²) in [6.07, 6.45) is -1.95. The second-order valence-corrected chi connectivity index (χ2v) is 8.28. The van der Waals surface area contributed by atoms with Gasteiger partial charge in [0, 0.05) is 0 Å². The van der Waals surface area contributed by atoms with E-state index in [1.54, 1.807) is 0 Å². The Morgan fingerprint density at radius 1 is 1.10 bits per heavy atom. The van der Waals surface area contributed by atoms with Gasteiger partial charge in [0.2, 0.25) is 0 Å². The Labute approximate surface area is 129 Å². The number of ether oxygens (including phenoxy) is 2. The van der Waals surface area contributed by atoms with Crippen molar-refractivity contribution < 1.29 is 19.7 Å². The van der Waals surface area contributed by atoms with Crippen LogP contribution in [-0.4, -0.2) is 71.9 Å². The minimum absolute atomic E-state index is 0.143. The van der Waals surface area contributed by atoms with Crippen molar-refractivity contribution in [1.29, 1.82) is 0 Å². The Morgan fingerprint density at radius 3 is 1.95 bits per heavy atom. The van der Waals surface area contributed by atoms with Crippen molar-refractivity contribution in [1.82, 2.24) is 4.90 Å². The third-order valence-electron chi connectivity index (χ3n) is 3.80. The summed E-state index contributed by atoms with van der Waals surface area (Å²) in [5, 5.41) is 20.5. The average Bonchev–Trinajstić information content (AvgIpc) is 2.27. The van der Waals surface area contributed by atoms with E-state index in [2.05, 4.69) is 20.8 Å². The van der Waals surface area contributed by atoms with Crippen molar-refractivity contribution in [2.75, 3.05) is 20.7 Å². The van der Waals surface area contributed by atoms with Crippen molar-refractivity contribution in [3.05, 3.63) is 0 Å². The van der Waals surface area contributed by atoms with Crippen LogP contribution >= 0.6 is 0 Å². The molecule has 1 fully saturated rings. The molecular formula is C16H33NO4. The largest absolute Gasteiger partial charge is 0.394 e. The highest BCUT2D eigenvalue weighted by atomic mass is 16.6. The van der Waals surface area contributed by atoms with Crippen LogP contribution in [0.15, 0.2) is 0 Å². The normalized spacial score (nSPS) is 35.3. The highest BCUT2D eigenvalue weighted by molar-refractivity contribution is 5.01. The lowest BCUT2D eigenvalue weighted by molar-refractivity contribution is -0.262. The van der Waals surface area contributed by atoms with E-state index >= 15 is 0 Å². The first-order chi connectivity index (χ1) is 9.38. The first-order valence-electron chi connectivity index (χ1n) is 7.67. The lowest BCUT2D eigenvalue weighted by atomic mass is 9.78. The number of likely N-dealkylation sites (N-methyl/N-ethyl adjacent to an activating group) is 1. The van der Waals surface area contributed by atoms with E-state index < -0.39 is 23.9 Å². The molecule has 0 radical (unpaired) electrons. The number of hydrogen-bond acceptors (Lipinski definition) is 5. The smallest absolute Gasteiger partial charge is 0.114 e. The van der Waals surface area contributed by atoms with Gasteiger partial charge in [0.05, 0.1) is 24.4 Å². The molecule has 1 aliphatic rings. The van der Waals surface area contributed by atoms with Gasteiger partial charge in [-0.25, -0.2) is 0 Å². The van der Waals surface area contributed by atoms with Gasteiger partial charge >= 0.3 is 0 Å². The lowest BCUT2D eigenvalue weighted by Gasteiger charge is -2.51. The predicted molar refractivity (Wildman–Crippen MR) is 83.3 cm³/mol. The maximum atomic E-state index is 10.8. The molecule has 5 heteroatoms. The molecule has 1 aliphatic heterocycles. The summed E-state index contributed by atoms with van der Waals surface area (Å²) in [6, 6.07) is -0.180. The zero-order chi connectivity index (χ0) is 16.6. The van der Waals surface area contributed by atoms with Crippen LogP contribution in [0.3, 0.4) is 0 Å². The zero-order valence-corrected chi connectivity index (χ0v) is 14.8. The molecule has 0 aromatic heterocycles. The molecule has 1 heterocycles. The van der Waals surface area contributed by atoms with Crippen LogP contribution in [0, 0.1) is 5.41 Å². The fourth-order valence-electron chi connectivity index (χ4n) is 2.93. The van der Waals surface area contributed by atoms with Crippen molar-refractivity contribution in [3.63, 3.8) is 0 Å². The van der Waals surface area contributed by atoms with Crippen molar-refractivity contribution in [3.8, 4) is 0 Å². The van der Waals surface area contributed by atoms with Crippen LogP contribution < -0.4 is 0 Å². The molecule has 5 nitrogen and oxygen atoms in total. The molecule has 5 unspecified atom stereocenters. The van der Waals surface area contributed by atoms with Crippen molar-refractivity contribution in [2.45, 2.75) is 77.6 Å². The molecule has 0 aliphatic carbocycles. The molecule has 0 amide bonds. The van der Waals surface area contributed by atoms with Crippen LogP contribution in [0.4, 0.5) is 0 Å². The summed E-state index contributed by atoms with van der Waals surface area (Å²) in [5.74, 6) is 0. The van der Waals surface area contributed by atoms with Crippen LogP contribution in [-0.2, 0) is 9.47 Å². The average molecular weight is 303 g/mol. The van der Waals surface area contributed by atoms with Gasteiger partial charge in [-0.1, -0.05) is 20.8 Å². The third-order valence-corrected chi connectivity index (χ3v) is 3.80. The summed E-state index contributed by atoms with van der Waals surface area (Å²) in [6.45, 7) is 11.9. The number of aliphatic hydroxyl groups excluding tert-OH is 2. The van der Waals surface area contributed by atoms with E-state index in [0.717, 1.165) is 0 Å². The zero-order valence-electron chi connectivity index (χ0n) is 14.8. The molecular weight excluding hydrogens is 270 g/mol. The maximum absolute atomic E-state index is 10.8. The Balaban J connectivity index is 3.10. The van der Waals surface area contributed by atoms with Crippen molar-refractivity contribution in [2.24, 2.45) is 5.41 Å². The fourth-order valence-corrected chi connectivity index (χ4v) is 2.93. The molecule has 126 valence electrons. The van der Waals surface area contributed by atoms with Gasteiger partial charge < -0.3 is 24.6 Å². The van der Waals surface area contributed by atoms with E-state index in [0.29, 0.717) is 0 Å². The molecule has 21 heavy (non-hydrogen) atoms. The third kappa shape index (κ3) is 4.63. The molecule has 0 spiro atoms. The Morgan fingerprint density at radius 2 is 1.62 bits per heavy atom. The molecule has 0 aromatic rings. The molecule has 5 atom stereocenters. The van der Waals surface area contributed by atoms with Gasteiger partial charge in [0.25, 0.3) is 0 Å². The Bertz CT molecular complexity index is 332. The van der Waals surface area contributed by atoms with E-state index in [1.165, 1.54) is 0 Å². The van der Waals surface area contributed by atoms with Crippen LogP contribution in [0.2, 0.25) is 0 Å². The number of nitrogens with zero attached hydrogens (tertiary/aromatic N) is 1. The highest BCUT2D eigenvalue weighted by Crippen LogP contribution is 2.36. The van der Waals surface area contributed by atoms with Gasteiger partial charge in [-0.2, -0.15) is 0 Å². The Kier molecular flexibility index (Phi) is 5.84. The quantitative estimate of drug-likeness (QED) is 0.822. The van der Waals surface area contributed by atoms with Gasteiger partial charge in [-0.3, -0.25) is 0 Å². The van der Waals surface area contributed by atoms with Crippen LogP contribution in [0.25, 0.3) is 0 Å². The van der Waals surface area contributed by atoms with E-state index in [9.17, 15) is 10.2 Å². The minimum atomic E-state index is -0.714. The van der Waals surface area contributed by atoms with Gasteiger partial charge in [0.15, 0.2) is 0 Å². The topological polar surface area (TPSA) is 62.2 Å². The first-order valence-corrected chi connectivity index (χ1v) is 7.67. The molecule has 1 rings (SSSR count). The lowest BCUT2D eigenvalue weighted by Crippen LogP contribution is -2.66. The second-order valence-electron chi connectivity index (χ2n) is 8.28. The van der Waals surface area contributed by atoms with Gasteiger partial charge in [0.1, 0.15) is 18.3 Å². The van der Waals surface area contributed by atoms with E-state index in [-0.39, 0.29) is 24.2 Å². The highest BCUT2D eigenvalue weighted by Gasteiger charge is 2.51. The summed E-state index contributed by atoms with van der Waals surface area (Å²) >= 11 is 0. The van der Waals surface area contributed by atoms with Gasteiger partial charge in [-0.05, 0) is 40.3 Å². The number of hydrogen-bond donors (Lipinski definition) is 2. The SMILES string of the molecule is CN(C)C1C(O)C(OC(C)(C)C)C(CO)OC1C(C)(C)C. The monoisotopic (exact) mass is 303 g/mol. The Hall–Kier alpha value is -0.200. The predicted octanol–water partition coefficient (Wildman–Crippen LogP) is 1.27. The minimum Gasteiger partial charge on any atom is -0.394 e. The van der Waals surface area contributed by atoms with Gasteiger partial charge in [-0.15, -0.1) is 0 Å². The molecule has 0 aromatic carbocycles. The summed E-state index contributed by atoms with van der Waals surface area (Å²) in [5.41, 5.74) is -0.552. The molecule has 0 bridgehead atoms. The summed E-state index contributed by atoms with van der Waals surface area (Å²) in [4.78, 5) is 1.98. The maximum Gasteiger partial charge on any atom is 0.114 e. The fraction of sp³-hybridized carbons (Fsp3) is 1.00. The molecule has 2 N–H and O–H groups in total. The van der Waals surface area contributed by atoms with Crippen LogP contribution in [0.1, 0.15) is 41.5 Å². The van der Waals surface area contributed by atoms with E-state index in [4.69, 9.17) is 9.47 Å². The number of aliphatic hydroxyl groups is 2. The molecule has 1 saturated heterocycles. The number of rotatable bonds is 3. The second kappa shape index (κ2) is 6.50. The van der Waals surface area contributed by atoms with E-state index in [1.807, 2.05) is 39.8 Å². The van der Waals surface area contributed by atoms with Crippen LogP contribution in [0.5, 0.6) is 0 Å².